The molecular formula is C17H25NO. The van der Waals surface area contributed by atoms with E-state index < -0.39 is 0 Å². The predicted molar refractivity (Wildman–Crippen MR) is 79.1 cm³/mol. The quantitative estimate of drug-likeness (QED) is 0.783. The largest absolute Gasteiger partial charge is 0.340 e. The van der Waals surface area contributed by atoms with E-state index in [0.717, 1.165) is 6.54 Å². The van der Waals surface area contributed by atoms with Gasteiger partial charge in [0.05, 0.1) is 0 Å². The Morgan fingerprint density at radius 3 is 2.47 bits per heavy atom. The van der Waals surface area contributed by atoms with Crippen LogP contribution in [0.25, 0.3) is 0 Å². The summed E-state index contributed by atoms with van der Waals surface area (Å²) in [6.07, 6.45) is 5.58. The molecule has 2 heteroatoms. The van der Waals surface area contributed by atoms with Gasteiger partial charge in [0.15, 0.2) is 0 Å². The molecule has 2 rings (SSSR count). The van der Waals surface area contributed by atoms with Gasteiger partial charge in [-0.15, -0.1) is 0 Å². The van der Waals surface area contributed by atoms with Crippen LogP contribution in [0.1, 0.15) is 57.4 Å². The fourth-order valence-corrected chi connectivity index (χ4v) is 3.13. The summed E-state index contributed by atoms with van der Waals surface area (Å²) in [6.45, 7) is 5.10. The van der Waals surface area contributed by atoms with Crippen molar-refractivity contribution in [3.05, 3.63) is 35.9 Å². The number of carbonyl (C=O) groups excluding carboxylic acids is 1. The summed E-state index contributed by atoms with van der Waals surface area (Å²) < 4.78 is 0. The van der Waals surface area contributed by atoms with Crippen molar-refractivity contribution in [3.8, 4) is 0 Å². The van der Waals surface area contributed by atoms with Crippen molar-refractivity contribution < 1.29 is 4.79 Å². The Morgan fingerprint density at radius 1 is 1.26 bits per heavy atom. The van der Waals surface area contributed by atoms with Crippen molar-refractivity contribution in [1.29, 1.82) is 0 Å². The molecule has 1 fully saturated rings. The van der Waals surface area contributed by atoms with Crippen LogP contribution in [0.3, 0.4) is 0 Å². The van der Waals surface area contributed by atoms with Gasteiger partial charge in [0.1, 0.15) is 0 Å². The zero-order valence-corrected chi connectivity index (χ0v) is 12.1. The van der Waals surface area contributed by atoms with E-state index in [2.05, 4.69) is 30.9 Å². The minimum Gasteiger partial charge on any atom is -0.340 e. The predicted octanol–water partition coefficient (Wildman–Crippen LogP) is 3.97. The van der Waals surface area contributed by atoms with Crippen molar-refractivity contribution in [1.82, 2.24) is 4.90 Å². The number of benzene rings is 1. The molecule has 2 nitrogen and oxygen atoms in total. The van der Waals surface area contributed by atoms with E-state index in [1.165, 1.54) is 31.2 Å². The highest BCUT2D eigenvalue weighted by atomic mass is 16.2. The molecule has 0 aromatic heterocycles. The minimum absolute atomic E-state index is 0.309. The van der Waals surface area contributed by atoms with Crippen molar-refractivity contribution in [2.24, 2.45) is 0 Å². The lowest BCUT2D eigenvalue weighted by molar-refractivity contribution is -0.133. The van der Waals surface area contributed by atoms with Crippen LogP contribution in [0.4, 0.5) is 0 Å². The molecule has 1 unspecified atom stereocenters. The van der Waals surface area contributed by atoms with Crippen LogP contribution in [0.15, 0.2) is 30.3 Å². The van der Waals surface area contributed by atoms with Crippen LogP contribution in [0.5, 0.6) is 0 Å². The summed E-state index contributed by atoms with van der Waals surface area (Å²) in [4.78, 5) is 14.6. The summed E-state index contributed by atoms with van der Waals surface area (Å²) >= 11 is 0. The second-order valence-electron chi connectivity index (χ2n) is 5.63. The molecule has 104 valence electrons. The maximum absolute atomic E-state index is 12.5. The van der Waals surface area contributed by atoms with Crippen LogP contribution in [0, 0.1) is 0 Å². The van der Waals surface area contributed by atoms with Gasteiger partial charge in [-0.2, -0.15) is 0 Å². The van der Waals surface area contributed by atoms with E-state index in [1.807, 2.05) is 18.2 Å². The molecule has 1 atom stereocenters. The molecule has 19 heavy (non-hydrogen) atoms. The Hall–Kier alpha value is -1.31. The van der Waals surface area contributed by atoms with E-state index in [-0.39, 0.29) is 0 Å². The average Bonchev–Trinajstić information content (AvgIpc) is 2.94. The number of hydrogen-bond donors (Lipinski definition) is 0. The molecule has 1 aliphatic carbocycles. The van der Waals surface area contributed by atoms with Crippen LogP contribution < -0.4 is 0 Å². The Bertz CT molecular complexity index is 395. The molecule has 0 saturated heterocycles. The third-order valence-corrected chi connectivity index (χ3v) is 4.28. The molecule has 1 aromatic rings. The standard InChI is InChI=1S/C17H25NO/c1-3-18(16-11-7-8-12-16)17(19)13-14(2)15-9-5-4-6-10-15/h4-6,9-10,14,16H,3,7-8,11-13H2,1-2H3. The third-order valence-electron chi connectivity index (χ3n) is 4.28. The smallest absolute Gasteiger partial charge is 0.223 e. The summed E-state index contributed by atoms with van der Waals surface area (Å²) in [7, 11) is 0. The third kappa shape index (κ3) is 3.59. The lowest BCUT2D eigenvalue weighted by Crippen LogP contribution is -2.39. The maximum atomic E-state index is 12.5. The molecule has 1 amide bonds. The van der Waals surface area contributed by atoms with Gasteiger partial charge >= 0.3 is 0 Å². The van der Waals surface area contributed by atoms with E-state index in [1.54, 1.807) is 0 Å². The van der Waals surface area contributed by atoms with E-state index in [4.69, 9.17) is 0 Å². The number of rotatable bonds is 5. The second kappa shape index (κ2) is 6.74. The summed E-state index contributed by atoms with van der Waals surface area (Å²) in [6, 6.07) is 10.8. The Kier molecular flexibility index (Phi) is 5.00. The molecule has 1 saturated carbocycles. The van der Waals surface area contributed by atoms with E-state index in [0.29, 0.717) is 24.3 Å². The molecule has 0 radical (unpaired) electrons. The number of amides is 1. The van der Waals surface area contributed by atoms with Crippen LogP contribution >= 0.6 is 0 Å². The Balaban J connectivity index is 1.95. The first-order valence-corrected chi connectivity index (χ1v) is 7.56. The van der Waals surface area contributed by atoms with Gasteiger partial charge in [0, 0.05) is 19.0 Å². The number of nitrogens with zero attached hydrogens (tertiary/aromatic N) is 1. The van der Waals surface area contributed by atoms with Crippen LogP contribution in [-0.4, -0.2) is 23.4 Å². The van der Waals surface area contributed by atoms with E-state index >= 15 is 0 Å². The SMILES string of the molecule is CCN(C(=O)CC(C)c1ccccc1)C1CCCC1. The van der Waals surface area contributed by atoms with Crippen molar-refractivity contribution >= 4 is 5.91 Å². The molecule has 0 aliphatic heterocycles. The highest BCUT2D eigenvalue weighted by molar-refractivity contribution is 5.77. The van der Waals surface area contributed by atoms with E-state index in [9.17, 15) is 4.79 Å². The fourth-order valence-electron chi connectivity index (χ4n) is 3.13. The first-order valence-electron chi connectivity index (χ1n) is 7.56. The molecule has 1 aliphatic rings. The molecule has 0 bridgehead atoms. The normalized spacial score (nSPS) is 17.4. The zero-order chi connectivity index (χ0) is 13.7. The van der Waals surface area contributed by atoms with Gasteiger partial charge in [0.25, 0.3) is 0 Å². The topological polar surface area (TPSA) is 20.3 Å². The highest BCUT2D eigenvalue weighted by Crippen LogP contribution is 2.26. The first kappa shape index (κ1) is 14.1. The van der Waals surface area contributed by atoms with Crippen molar-refractivity contribution in [2.45, 2.75) is 57.9 Å². The second-order valence-corrected chi connectivity index (χ2v) is 5.63. The zero-order valence-electron chi connectivity index (χ0n) is 12.1. The number of hydrogen-bond acceptors (Lipinski definition) is 1. The fraction of sp³-hybridized carbons (Fsp3) is 0.588. The van der Waals surface area contributed by atoms with Gasteiger partial charge in [-0.25, -0.2) is 0 Å². The lowest BCUT2D eigenvalue weighted by Gasteiger charge is -2.29. The van der Waals surface area contributed by atoms with Crippen molar-refractivity contribution in [2.75, 3.05) is 6.54 Å². The summed E-state index contributed by atoms with van der Waals surface area (Å²) in [5.74, 6) is 0.634. The van der Waals surface area contributed by atoms with Crippen LogP contribution in [-0.2, 0) is 4.79 Å². The highest BCUT2D eigenvalue weighted by Gasteiger charge is 2.26. The summed E-state index contributed by atoms with van der Waals surface area (Å²) in [5.41, 5.74) is 1.26. The van der Waals surface area contributed by atoms with Gasteiger partial charge in [-0.1, -0.05) is 50.1 Å². The molecular weight excluding hydrogens is 234 g/mol. The van der Waals surface area contributed by atoms with Gasteiger partial charge in [0.2, 0.25) is 5.91 Å². The van der Waals surface area contributed by atoms with Gasteiger partial charge in [-0.05, 0) is 31.2 Å². The molecule has 0 spiro atoms. The Morgan fingerprint density at radius 2 is 1.89 bits per heavy atom. The van der Waals surface area contributed by atoms with Crippen LogP contribution in [0.2, 0.25) is 0 Å². The Labute approximate surface area is 116 Å². The molecule has 0 N–H and O–H groups in total. The molecule has 1 aromatic carbocycles. The van der Waals surface area contributed by atoms with Gasteiger partial charge in [-0.3, -0.25) is 4.79 Å². The molecule has 0 heterocycles. The minimum atomic E-state index is 0.309. The van der Waals surface area contributed by atoms with Crippen molar-refractivity contribution in [3.63, 3.8) is 0 Å². The monoisotopic (exact) mass is 259 g/mol. The summed E-state index contributed by atoms with van der Waals surface area (Å²) in [5, 5.41) is 0. The average molecular weight is 259 g/mol. The van der Waals surface area contributed by atoms with Gasteiger partial charge < -0.3 is 4.90 Å². The lowest BCUT2D eigenvalue weighted by atomic mass is 9.97. The first-order chi connectivity index (χ1) is 9.22. The maximum Gasteiger partial charge on any atom is 0.223 e. The number of carbonyl (C=O) groups is 1.